The van der Waals surface area contributed by atoms with Crippen molar-refractivity contribution in [2.45, 2.75) is 32.1 Å². The molecule has 1 amide bonds. The van der Waals surface area contributed by atoms with Gasteiger partial charge in [0.15, 0.2) is 0 Å². The first-order valence-electron chi connectivity index (χ1n) is 7.61. The van der Waals surface area contributed by atoms with Gasteiger partial charge in [-0.25, -0.2) is 4.79 Å². The third-order valence-electron chi connectivity index (χ3n) is 4.20. The fourth-order valence-electron chi connectivity index (χ4n) is 3.02. The number of ether oxygens (including phenoxy) is 1. The van der Waals surface area contributed by atoms with Crippen LogP contribution >= 0.6 is 11.3 Å². The number of rotatable bonds is 3. The summed E-state index contributed by atoms with van der Waals surface area (Å²) in [5, 5.41) is 4.40. The summed E-state index contributed by atoms with van der Waals surface area (Å²) in [4.78, 5) is 24.6. The minimum absolute atomic E-state index is 0.0245. The second kappa shape index (κ2) is 6.48. The third kappa shape index (κ3) is 2.86. The number of carbonyl (C=O) groups excluding carboxylic acids is 2. The number of nitrogens with one attached hydrogen (secondary N) is 1. The molecular formula is C17H19NO3S. The van der Waals surface area contributed by atoms with Gasteiger partial charge in [0, 0.05) is 16.0 Å². The lowest BCUT2D eigenvalue weighted by Gasteiger charge is -2.20. The lowest BCUT2D eigenvalue weighted by molar-refractivity contribution is -0.120. The van der Waals surface area contributed by atoms with E-state index in [0.717, 1.165) is 35.8 Å². The molecule has 0 spiro atoms. The van der Waals surface area contributed by atoms with Crippen LogP contribution in [0.2, 0.25) is 0 Å². The molecule has 1 aromatic heterocycles. The number of thiophene rings is 1. The number of carbonyl (C=O) groups is 2. The van der Waals surface area contributed by atoms with E-state index in [-0.39, 0.29) is 11.8 Å². The molecule has 0 aliphatic heterocycles. The molecule has 1 saturated carbocycles. The zero-order valence-electron chi connectivity index (χ0n) is 12.6. The van der Waals surface area contributed by atoms with E-state index in [4.69, 9.17) is 4.74 Å². The summed E-state index contributed by atoms with van der Waals surface area (Å²) < 4.78 is 5.86. The molecule has 0 saturated heterocycles. The van der Waals surface area contributed by atoms with Crippen LogP contribution in [-0.4, -0.2) is 19.0 Å². The van der Waals surface area contributed by atoms with Crippen molar-refractivity contribution in [3.63, 3.8) is 0 Å². The largest absolute Gasteiger partial charge is 0.465 e. The van der Waals surface area contributed by atoms with Crippen molar-refractivity contribution < 1.29 is 14.3 Å². The van der Waals surface area contributed by atoms with E-state index in [9.17, 15) is 9.59 Å². The number of hydrogen-bond acceptors (Lipinski definition) is 4. The standard InChI is InChI=1S/C17H19NO3S/c1-21-17(20)14-12-9-5-6-10-13(12)22-16(14)18-15(19)11-7-3-2-4-8-11/h5-6,9-11H,2-4,7-8H2,1H3,(H,18,19). The van der Waals surface area contributed by atoms with Crippen molar-refractivity contribution in [3.05, 3.63) is 29.8 Å². The van der Waals surface area contributed by atoms with Crippen molar-refractivity contribution in [2.75, 3.05) is 12.4 Å². The Bertz CT molecular complexity index is 701. The van der Waals surface area contributed by atoms with Gasteiger partial charge in [-0.2, -0.15) is 0 Å². The number of benzene rings is 1. The van der Waals surface area contributed by atoms with Gasteiger partial charge in [-0.15, -0.1) is 11.3 Å². The summed E-state index contributed by atoms with van der Waals surface area (Å²) in [7, 11) is 1.36. The second-order valence-electron chi connectivity index (χ2n) is 5.62. The van der Waals surface area contributed by atoms with Crippen molar-refractivity contribution in [3.8, 4) is 0 Å². The molecule has 1 aromatic carbocycles. The second-order valence-corrected chi connectivity index (χ2v) is 6.67. The van der Waals surface area contributed by atoms with E-state index in [1.165, 1.54) is 24.9 Å². The van der Waals surface area contributed by atoms with E-state index in [1.54, 1.807) is 0 Å². The smallest absolute Gasteiger partial charge is 0.341 e. The molecule has 1 aliphatic rings. The number of anilines is 1. The predicted molar refractivity (Wildman–Crippen MR) is 88.4 cm³/mol. The fraction of sp³-hybridized carbons (Fsp3) is 0.412. The molecule has 5 heteroatoms. The van der Waals surface area contributed by atoms with Gasteiger partial charge in [0.25, 0.3) is 0 Å². The molecule has 22 heavy (non-hydrogen) atoms. The van der Waals surface area contributed by atoms with E-state index >= 15 is 0 Å². The van der Waals surface area contributed by atoms with Gasteiger partial charge in [0.1, 0.15) is 10.6 Å². The van der Waals surface area contributed by atoms with Crippen molar-refractivity contribution >= 4 is 38.3 Å². The Hall–Kier alpha value is -1.88. The zero-order valence-corrected chi connectivity index (χ0v) is 13.4. The first kappa shape index (κ1) is 15.0. The van der Waals surface area contributed by atoms with E-state index < -0.39 is 5.97 Å². The molecule has 1 N–H and O–H groups in total. The first-order valence-corrected chi connectivity index (χ1v) is 8.43. The molecule has 116 valence electrons. The maximum Gasteiger partial charge on any atom is 0.341 e. The summed E-state index contributed by atoms with van der Waals surface area (Å²) in [5.41, 5.74) is 0.465. The van der Waals surface area contributed by atoms with Crippen LogP contribution < -0.4 is 5.32 Å². The normalized spacial score (nSPS) is 15.7. The summed E-state index contributed by atoms with van der Waals surface area (Å²) >= 11 is 1.43. The SMILES string of the molecule is COC(=O)c1c(NC(=O)C2CCCCC2)sc2ccccc12. The summed E-state index contributed by atoms with van der Waals surface area (Å²) in [6.07, 6.45) is 5.29. The highest BCUT2D eigenvalue weighted by molar-refractivity contribution is 7.23. The number of methoxy groups -OCH3 is 1. The Balaban J connectivity index is 1.92. The molecule has 0 atom stereocenters. The zero-order chi connectivity index (χ0) is 15.5. The predicted octanol–water partition coefficient (Wildman–Crippen LogP) is 4.21. The average molecular weight is 317 g/mol. The van der Waals surface area contributed by atoms with Crippen LogP contribution in [0.4, 0.5) is 5.00 Å². The lowest BCUT2D eigenvalue weighted by atomic mass is 9.89. The van der Waals surface area contributed by atoms with Crippen LogP contribution in [-0.2, 0) is 9.53 Å². The molecule has 0 bridgehead atoms. The molecule has 2 aromatic rings. The Kier molecular flexibility index (Phi) is 4.43. The highest BCUT2D eigenvalue weighted by atomic mass is 32.1. The van der Waals surface area contributed by atoms with Crippen LogP contribution in [0.5, 0.6) is 0 Å². The summed E-state index contributed by atoms with van der Waals surface area (Å²) in [6, 6.07) is 7.64. The van der Waals surface area contributed by atoms with Crippen molar-refractivity contribution in [2.24, 2.45) is 5.92 Å². The number of hydrogen-bond donors (Lipinski definition) is 1. The maximum atomic E-state index is 12.5. The molecule has 1 heterocycles. The monoisotopic (exact) mass is 317 g/mol. The van der Waals surface area contributed by atoms with E-state index in [1.807, 2.05) is 24.3 Å². The first-order chi connectivity index (χ1) is 10.7. The van der Waals surface area contributed by atoms with Gasteiger partial charge in [-0.05, 0) is 18.9 Å². The Morgan fingerprint density at radius 2 is 1.91 bits per heavy atom. The number of esters is 1. The Morgan fingerprint density at radius 1 is 1.18 bits per heavy atom. The molecule has 0 radical (unpaired) electrons. The molecule has 1 fully saturated rings. The quantitative estimate of drug-likeness (QED) is 0.863. The number of amides is 1. The molecule has 0 unspecified atom stereocenters. The topological polar surface area (TPSA) is 55.4 Å². The van der Waals surface area contributed by atoms with Crippen LogP contribution in [0.3, 0.4) is 0 Å². The van der Waals surface area contributed by atoms with Crippen molar-refractivity contribution in [1.29, 1.82) is 0 Å². The van der Waals surface area contributed by atoms with E-state index in [2.05, 4.69) is 5.32 Å². The van der Waals surface area contributed by atoms with Crippen LogP contribution in [0, 0.1) is 5.92 Å². The third-order valence-corrected chi connectivity index (χ3v) is 5.28. The molecule has 4 nitrogen and oxygen atoms in total. The Labute approximate surface area is 133 Å². The van der Waals surface area contributed by atoms with E-state index in [0.29, 0.717) is 10.6 Å². The van der Waals surface area contributed by atoms with Gasteiger partial charge in [-0.3, -0.25) is 4.79 Å². The maximum absolute atomic E-state index is 12.5. The summed E-state index contributed by atoms with van der Waals surface area (Å²) in [5.74, 6) is -0.322. The van der Waals surface area contributed by atoms with Gasteiger partial charge in [-0.1, -0.05) is 37.5 Å². The highest BCUT2D eigenvalue weighted by Crippen LogP contribution is 2.37. The molecule has 3 rings (SSSR count). The van der Waals surface area contributed by atoms with Crippen LogP contribution in [0.1, 0.15) is 42.5 Å². The van der Waals surface area contributed by atoms with Gasteiger partial charge >= 0.3 is 5.97 Å². The van der Waals surface area contributed by atoms with Crippen molar-refractivity contribution in [1.82, 2.24) is 0 Å². The lowest BCUT2D eigenvalue weighted by Crippen LogP contribution is -2.25. The van der Waals surface area contributed by atoms with Crippen LogP contribution in [0.15, 0.2) is 24.3 Å². The minimum atomic E-state index is -0.406. The number of fused-ring (bicyclic) bond motifs is 1. The fourth-order valence-corrected chi connectivity index (χ4v) is 4.11. The minimum Gasteiger partial charge on any atom is -0.465 e. The average Bonchev–Trinajstić information content (AvgIpc) is 2.92. The van der Waals surface area contributed by atoms with Crippen LogP contribution in [0.25, 0.3) is 10.1 Å². The summed E-state index contributed by atoms with van der Waals surface area (Å²) in [6.45, 7) is 0. The molecular weight excluding hydrogens is 298 g/mol. The highest BCUT2D eigenvalue weighted by Gasteiger charge is 2.25. The Morgan fingerprint density at radius 3 is 2.64 bits per heavy atom. The van der Waals surface area contributed by atoms with Gasteiger partial charge < -0.3 is 10.1 Å². The van der Waals surface area contributed by atoms with Gasteiger partial charge in [0.05, 0.1) is 7.11 Å². The van der Waals surface area contributed by atoms with Gasteiger partial charge in [0.2, 0.25) is 5.91 Å². The molecule has 1 aliphatic carbocycles.